The monoisotopic (exact) mass is 367 g/mol. The van der Waals surface area contributed by atoms with Gasteiger partial charge in [-0.3, -0.25) is 4.90 Å². The number of amides is 1. The number of benzene rings is 1. The quantitative estimate of drug-likeness (QED) is 0.573. The van der Waals surface area contributed by atoms with Crippen molar-refractivity contribution in [2.75, 3.05) is 26.4 Å². The van der Waals surface area contributed by atoms with Gasteiger partial charge in [-0.05, 0) is 44.0 Å². The summed E-state index contributed by atoms with van der Waals surface area (Å²) in [7, 11) is 0. The molecule has 0 spiro atoms. The molecular formula is C19H26ClNO4. The first kappa shape index (κ1) is 19.8. The second kappa shape index (κ2) is 8.70. The molecule has 6 heteroatoms. The maximum Gasteiger partial charge on any atom is 0.410 e. The fourth-order valence-corrected chi connectivity index (χ4v) is 2.84. The van der Waals surface area contributed by atoms with Crippen LogP contribution in [0.2, 0.25) is 5.02 Å². The highest BCUT2D eigenvalue weighted by atomic mass is 35.5. The molecule has 0 N–H and O–H groups in total. The summed E-state index contributed by atoms with van der Waals surface area (Å²) in [4.78, 5) is 14.3. The van der Waals surface area contributed by atoms with E-state index in [2.05, 4.69) is 6.58 Å². The molecule has 0 aromatic heterocycles. The number of carbonyl (C=O) groups is 1. The summed E-state index contributed by atoms with van der Waals surface area (Å²) >= 11 is 6.20. The van der Waals surface area contributed by atoms with Crippen LogP contribution in [0.15, 0.2) is 30.9 Å². The highest BCUT2D eigenvalue weighted by Gasteiger charge is 2.33. The summed E-state index contributed by atoms with van der Waals surface area (Å²) in [5, 5.41) is 0.609. The van der Waals surface area contributed by atoms with E-state index in [0.29, 0.717) is 38.0 Å². The summed E-state index contributed by atoms with van der Waals surface area (Å²) < 4.78 is 16.7. The van der Waals surface area contributed by atoms with E-state index >= 15 is 0 Å². The van der Waals surface area contributed by atoms with E-state index in [1.165, 1.54) is 0 Å². The second-order valence-corrected chi connectivity index (χ2v) is 7.35. The van der Waals surface area contributed by atoms with Crippen LogP contribution < -0.4 is 0 Å². The van der Waals surface area contributed by atoms with Gasteiger partial charge in [-0.1, -0.05) is 23.7 Å². The number of carbonyl (C=O) groups excluding carboxylic acids is 1. The lowest BCUT2D eigenvalue weighted by molar-refractivity contribution is -0.0335. The van der Waals surface area contributed by atoms with Crippen LogP contribution in [-0.2, 0) is 20.8 Å². The lowest BCUT2D eigenvalue weighted by Gasteiger charge is -2.37. The molecule has 25 heavy (non-hydrogen) atoms. The standard InChI is InChI=1S/C19H26ClNO4/c1-5-9-23-12-14-6-7-15(20)11-16(14)17-13-24-10-8-21(17)18(22)25-19(2,3)4/h5-7,11,17H,1,8-10,12-13H2,2-4H3. The van der Waals surface area contributed by atoms with E-state index in [1.54, 1.807) is 11.0 Å². The smallest absolute Gasteiger partial charge is 0.410 e. The fraction of sp³-hybridized carbons (Fsp3) is 0.526. The number of hydrogen-bond donors (Lipinski definition) is 0. The molecular weight excluding hydrogens is 342 g/mol. The van der Waals surface area contributed by atoms with Crippen molar-refractivity contribution in [2.45, 2.75) is 39.0 Å². The van der Waals surface area contributed by atoms with Crippen LogP contribution in [0, 0.1) is 0 Å². The predicted molar refractivity (Wildman–Crippen MR) is 97.8 cm³/mol. The molecule has 1 heterocycles. The zero-order valence-electron chi connectivity index (χ0n) is 15.1. The molecule has 1 aliphatic rings. The highest BCUT2D eigenvalue weighted by Crippen LogP contribution is 2.31. The molecule has 0 saturated carbocycles. The van der Waals surface area contributed by atoms with Crippen LogP contribution in [0.3, 0.4) is 0 Å². The minimum Gasteiger partial charge on any atom is -0.444 e. The maximum atomic E-state index is 12.6. The van der Waals surface area contributed by atoms with Crippen LogP contribution in [0.1, 0.15) is 37.9 Å². The Morgan fingerprint density at radius 1 is 1.48 bits per heavy atom. The number of hydrogen-bond acceptors (Lipinski definition) is 4. The van der Waals surface area contributed by atoms with Gasteiger partial charge in [-0.25, -0.2) is 4.79 Å². The number of nitrogens with zero attached hydrogens (tertiary/aromatic N) is 1. The Labute approximate surface area is 154 Å². The maximum absolute atomic E-state index is 12.6. The molecule has 0 aliphatic carbocycles. The number of rotatable bonds is 5. The molecule has 1 fully saturated rings. The Hall–Kier alpha value is -1.56. The van der Waals surface area contributed by atoms with Crippen molar-refractivity contribution in [3.8, 4) is 0 Å². The number of morpholine rings is 1. The summed E-state index contributed by atoms with van der Waals surface area (Å²) in [6, 6.07) is 5.34. The molecule has 1 aliphatic heterocycles. The summed E-state index contributed by atoms with van der Waals surface area (Å²) in [6.07, 6.45) is 1.35. The third-order valence-electron chi connectivity index (χ3n) is 3.72. The summed E-state index contributed by atoms with van der Waals surface area (Å²) in [5.74, 6) is 0. The van der Waals surface area contributed by atoms with Gasteiger partial charge in [0.1, 0.15) is 5.60 Å². The average Bonchev–Trinajstić information content (AvgIpc) is 2.55. The van der Waals surface area contributed by atoms with Crippen molar-refractivity contribution in [2.24, 2.45) is 0 Å². The van der Waals surface area contributed by atoms with Crippen molar-refractivity contribution in [3.05, 3.63) is 47.0 Å². The molecule has 1 aromatic carbocycles. The molecule has 1 atom stereocenters. The van der Waals surface area contributed by atoms with Gasteiger partial charge in [0.2, 0.25) is 0 Å². The highest BCUT2D eigenvalue weighted by molar-refractivity contribution is 6.30. The number of ether oxygens (including phenoxy) is 3. The molecule has 2 rings (SSSR count). The van der Waals surface area contributed by atoms with E-state index in [1.807, 2.05) is 39.0 Å². The first-order valence-corrected chi connectivity index (χ1v) is 8.74. The van der Waals surface area contributed by atoms with Crippen LogP contribution >= 0.6 is 11.6 Å². The molecule has 1 unspecified atom stereocenters. The zero-order valence-corrected chi connectivity index (χ0v) is 15.8. The van der Waals surface area contributed by atoms with Crippen molar-refractivity contribution in [3.63, 3.8) is 0 Å². The van der Waals surface area contributed by atoms with Gasteiger partial charge in [0.15, 0.2) is 0 Å². The van der Waals surface area contributed by atoms with Crippen molar-refractivity contribution < 1.29 is 19.0 Å². The third-order valence-corrected chi connectivity index (χ3v) is 3.95. The van der Waals surface area contributed by atoms with Gasteiger partial charge >= 0.3 is 6.09 Å². The number of halogens is 1. The van der Waals surface area contributed by atoms with Gasteiger partial charge in [0, 0.05) is 11.6 Å². The van der Waals surface area contributed by atoms with Gasteiger partial charge in [-0.15, -0.1) is 6.58 Å². The Bertz CT molecular complexity index is 612. The SMILES string of the molecule is C=CCOCc1ccc(Cl)cc1C1COCCN1C(=O)OC(C)(C)C. The van der Waals surface area contributed by atoms with Crippen LogP contribution in [0.5, 0.6) is 0 Å². The normalized spacial score (nSPS) is 18.1. The van der Waals surface area contributed by atoms with E-state index < -0.39 is 5.60 Å². The second-order valence-electron chi connectivity index (χ2n) is 6.91. The lowest BCUT2D eigenvalue weighted by Crippen LogP contribution is -2.46. The Morgan fingerprint density at radius 3 is 2.92 bits per heavy atom. The molecule has 1 aromatic rings. The fourth-order valence-electron chi connectivity index (χ4n) is 2.66. The minimum atomic E-state index is -0.551. The van der Waals surface area contributed by atoms with Crippen LogP contribution in [0.25, 0.3) is 0 Å². The Balaban J connectivity index is 2.27. The molecule has 5 nitrogen and oxygen atoms in total. The first-order valence-electron chi connectivity index (χ1n) is 8.36. The van der Waals surface area contributed by atoms with Crippen LogP contribution in [0.4, 0.5) is 4.79 Å². The van der Waals surface area contributed by atoms with Crippen molar-refractivity contribution >= 4 is 17.7 Å². The molecule has 138 valence electrons. The van der Waals surface area contributed by atoms with Gasteiger partial charge in [0.25, 0.3) is 0 Å². The van der Waals surface area contributed by atoms with Crippen LogP contribution in [-0.4, -0.2) is 43.0 Å². The van der Waals surface area contributed by atoms with E-state index in [0.717, 1.165) is 11.1 Å². The van der Waals surface area contributed by atoms with E-state index in [4.69, 9.17) is 25.8 Å². The topological polar surface area (TPSA) is 48.0 Å². The first-order chi connectivity index (χ1) is 11.8. The summed E-state index contributed by atoms with van der Waals surface area (Å²) in [5.41, 5.74) is 1.34. The third kappa shape index (κ3) is 5.73. The van der Waals surface area contributed by atoms with Gasteiger partial charge < -0.3 is 14.2 Å². The van der Waals surface area contributed by atoms with E-state index in [9.17, 15) is 4.79 Å². The Morgan fingerprint density at radius 2 is 2.24 bits per heavy atom. The summed E-state index contributed by atoms with van der Waals surface area (Å²) in [6.45, 7) is 11.4. The minimum absolute atomic E-state index is 0.260. The van der Waals surface area contributed by atoms with Gasteiger partial charge in [-0.2, -0.15) is 0 Å². The molecule has 1 saturated heterocycles. The lowest BCUT2D eigenvalue weighted by atomic mass is 9.99. The van der Waals surface area contributed by atoms with E-state index in [-0.39, 0.29) is 12.1 Å². The van der Waals surface area contributed by atoms with Crippen molar-refractivity contribution in [1.29, 1.82) is 0 Å². The molecule has 0 bridgehead atoms. The zero-order chi connectivity index (χ0) is 18.4. The Kier molecular flexibility index (Phi) is 6.87. The molecule has 0 radical (unpaired) electrons. The largest absolute Gasteiger partial charge is 0.444 e. The van der Waals surface area contributed by atoms with Crippen molar-refractivity contribution in [1.82, 2.24) is 4.90 Å². The average molecular weight is 368 g/mol. The van der Waals surface area contributed by atoms with Gasteiger partial charge in [0.05, 0.1) is 32.5 Å². The molecule has 1 amide bonds. The predicted octanol–water partition coefficient (Wildman–Crippen LogP) is 4.35.